The standard InChI is InChI=1S/C13H11N3O3/c1-7-4-3-5-16-10(7)14-11-8(12(16)17)6-9(13(18)19)15(11)2/h3-6H,1-2H3,(H,18,19)/p-1. The zero-order valence-electron chi connectivity index (χ0n) is 10.4. The second-order valence-electron chi connectivity index (χ2n) is 4.42. The number of carboxylic acids is 1. The maximum Gasteiger partial charge on any atom is 0.267 e. The zero-order valence-corrected chi connectivity index (χ0v) is 10.4. The summed E-state index contributed by atoms with van der Waals surface area (Å²) in [5.74, 6) is -1.33. The lowest BCUT2D eigenvalue weighted by Crippen LogP contribution is -2.24. The first-order valence-electron chi connectivity index (χ1n) is 5.69. The van der Waals surface area contributed by atoms with Crippen LogP contribution in [0.2, 0.25) is 0 Å². The van der Waals surface area contributed by atoms with Crippen molar-refractivity contribution in [2.45, 2.75) is 6.92 Å². The van der Waals surface area contributed by atoms with Gasteiger partial charge in [0, 0.05) is 13.2 Å². The van der Waals surface area contributed by atoms with Gasteiger partial charge in [0.05, 0.1) is 17.0 Å². The molecule has 0 atom stereocenters. The van der Waals surface area contributed by atoms with E-state index in [0.29, 0.717) is 11.3 Å². The minimum atomic E-state index is -1.33. The Balaban J connectivity index is 2.59. The van der Waals surface area contributed by atoms with E-state index in [2.05, 4.69) is 4.98 Å². The van der Waals surface area contributed by atoms with Gasteiger partial charge in [-0.25, -0.2) is 4.98 Å². The molecule has 0 saturated carbocycles. The molecular formula is C13H10N3O3-. The van der Waals surface area contributed by atoms with E-state index >= 15 is 0 Å². The second kappa shape index (κ2) is 3.68. The van der Waals surface area contributed by atoms with Crippen molar-refractivity contribution in [2.75, 3.05) is 0 Å². The van der Waals surface area contributed by atoms with Crippen molar-refractivity contribution in [1.29, 1.82) is 0 Å². The molecule has 0 aliphatic rings. The fraction of sp³-hybridized carbons (Fsp3) is 0.154. The largest absolute Gasteiger partial charge is 0.543 e. The normalized spacial score (nSPS) is 11.3. The number of fused-ring (bicyclic) bond motifs is 2. The fourth-order valence-electron chi connectivity index (χ4n) is 2.23. The average Bonchev–Trinajstić information content (AvgIpc) is 2.70. The van der Waals surface area contributed by atoms with Crippen molar-refractivity contribution >= 4 is 22.6 Å². The average molecular weight is 256 g/mol. The molecule has 19 heavy (non-hydrogen) atoms. The van der Waals surface area contributed by atoms with E-state index in [-0.39, 0.29) is 16.6 Å². The number of nitrogens with zero attached hydrogens (tertiary/aromatic N) is 3. The number of aryl methyl sites for hydroxylation is 2. The number of carbonyl (C=O) groups is 1. The summed E-state index contributed by atoms with van der Waals surface area (Å²) >= 11 is 0. The van der Waals surface area contributed by atoms with Crippen LogP contribution in [0, 0.1) is 6.92 Å². The molecule has 0 unspecified atom stereocenters. The third-order valence-corrected chi connectivity index (χ3v) is 3.23. The lowest BCUT2D eigenvalue weighted by Gasteiger charge is -2.05. The maximum atomic E-state index is 12.3. The first kappa shape index (κ1) is 11.5. The summed E-state index contributed by atoms with van der Waals surface area (Å²) in [6.07, 6.45) is 1.61. The molecule has 0 spiro atoms. The van der Waals surface area contributed by atoms with Crippen molar-refractivity contribution in [2.24, 2.45) is 7.05 Å². The first-order valence-corrected chi connectivity index (χ1v) is 5.69. The molecule has 6 heteroatoms. The van der Waals surface area contributed by atoms with E-state index in [1.54, 1.807) is 19.3 Å². The van der Waals surface area contributed by atoms with Crippen LogP contribution in [-0.4, -0.2) is 19.9 Å². The van der Waals surface area contributed by atoms with Crippen molar-refractivity contribution in [3.63, 3.8) is 0 Å². The fourth-order valence-corrected chi connectivity index (χ4v) is 2.23. The topological polar surface area (TPSA) is 79.4 Å². The van der Waals surface area contributed by atoms with Gasteiger partial charge in [-0.2, -0.15) is 0 Å². The minimum Gasteiger partial charge on any atom is -0.543 e. The van der Waals surface area contributed by atoms with Gasteiger partial charge in [-0.3, -0.25) is 9.20 Å². The Morgan fingerprint density at radius 3 is 2.79 bits per heavy atom. The minimum absolute atomic E-state index is 0.0619. The number of aromatic carboxylic acids is 1. The van der Waals surface area contributed by atoms with Crippen LogP contribution in [0.25, 0.3) is 16.7 Å². The Hall–Kier alpha value is -2.63. The lowest BCUT2D eigenvalue weighted by atomic mass is 10.3. The van der Waals surface area contributed by atoms with E-state index in [4.69, 9.17) is 0 Å². The summed E-state index contributed by atoms with van der Waals surface area (Å²) in [7, 11) is 1.55. The summed E-state index contributed by atoms with van der Waals surface area (Å²) in [6.45, 7) is 1.84. The highest BCUT2D eigenvalue weighted by molar-refractivity contribution is 5.92. The van der Waals surface area contributed by atoms with Crippen molar-refractivity contribution in [1.82, 2.24) is 14.0 Å². The molecule has 3 heterocycles. The molecule has 3 rings (SSSR count). The van der Waals surface area contributed by atoms with Gasteiger partial charge in [-0.1, -0.05) is 6.07 Å². The molecule has 0 radical (unpaired) electrons. The molecule has 0 aromatic carbocycles. The molecule has 0 aliphatic heterocycles. The predicted molar refractivity (Wildman–Crippen MR) is 67.0 cm³/mol. The SMILES string of the molecule is Cc1cccn2c(=O)c3cc(C(=O)[O-])n(C)c3nc12. The number of hydrogen-bond acceptors (Lipinski definition) is 4. The summed E-state index contributed by atoms with van der Waals surface area (Å²) < 4.78 is 2.77. The maximum absolute atomic E-state index is 12.3. The van der Waals surface area contributed by atoms with Crippen LogP contribution in [0.3, 0.4) is 0 Å². The van der Waals surface area contributed by atoms with Crippen LogP contribution in [0.5, 0.6) is 0 Å². The van der Waals surface area contributed by atoms with E-state index in [1.165, 1.54) is 15.0 Å². The van der Waals surface area contributed by atoms with Gasteiger partial charge < -0.3 is 14.5 Å². The van der Waals surface area contributed by atoms with Gasteiger partial charge in [0.2, 0.25) is 0 Å². The van der Waals surface area contributed by atoms with Crippen molar-refractivity contribution in [3.05, 3.63) is 46.0 Å². The summed E-state index contributed by atoms with van der Waals surface area (Å²) in [5, 5.41) is 11.3. The Bertz CT molecular complexity index is 889. The third-order valence-electron chi connectivity index (χ3n) is 3.23. The second-order valence-corrected chi connectivity index (χ2v) is 4.42. The van der Waals surface area contributed by atoms with Crippen molar-refractivity contribution < 1.29 is 9.90 Å². The molecular weight excluding hydrogens is 246 g/mol. The molecule has 0 N–H and O–H groups in total. The smallest absolute Gasteiger partial charge is 0.267 e. The molecule has 3 aromatic rings. The molecule has 0 amide bonds. The number of carboxylic acid groups (broad SMARTS) is 1. The van der Waals surface area contributed by atoms with Gasteiger partial charge in [0.25, 0.3) is 5.56 Å². The molecule has 96 valence electrons. The Labute approximate surface area is 107 Å². The molecule has 0 aliphatic carbocycles. The third kappa shape index (κ3) is 1.46. The highest BCUT2D eigenvalue weighted by Crippen LogP contribution is 2.15. The number of hydrogen-bond donors (Lipinski definition) is 0. The molecule has 0 bridgehead atoms. The quantitative estimate of drug-likeness (QED) is 0.607. The Morgan fingerprint density at radius 2 is 2.11 bits per heavy atom. The highest BCUT2D eigenvalue weighted by atomic mass is 16.4. The predicted octanol–water partition coefficient (Wildman–Crippen LogP) is -0.142. The lowest BCUT2D eigenvalue weighted by molar-refractivity contribution is -0.255. The Morgan fingerprint density at radius 1 is 1.37 bits per heavy atom. The monoisotopic (exact) mass is 256 g/mol. The van der Waals surface area contributed by atoms with Crippen LogP contribution in [-0.2, 0) is 7.05 Å². The zero-order chi connectivity index (χ0) is 13.7. The first-order chi connectivity index (χ1) is 9.00. The van der Waals surface area contributed by atoms with Gasteiger partial charge in [0.15, 0.2) is 0 Å². The highest BCUT2D eigenvalue weighted by Gasteiger charge is 2.13. The number of aromatic nitrogens is 3. The molecule has 0 fully saturated rings. The van der Waals surface area contributed by atoms with Crippen molar-refractivity contribution in [3.8, 4) is 0 Å². The van der Waals surface area contributed by atoms with Crippen LogP contribution in [0.1, 0.15) is 16.1 Å². The molecule has 3 aromatic heterocycles. The van der Waals surface area contributed by atoms with E-state index in [0.717, 1.165) is 5.56 Å². The van der Waals surface area contributed by atoms with Crippen LogP contribution >= 0.6 is 0 Å². The van der Waals surface area contributed by atoms with E-state index in [1.807, 2.05) is 13.0 Å². The van der Waals surface area contributed by atoms with Gasteiger partial charge in [0.1, 0.15) is 11.3 Å². The van der Waals surface area contributed by atoms with E-state index in [9.17, 15) is 14.7 Å². The van der Waals surface area contributed by atoms with Crippen LogP contribution < -0.4 is 10.7 Å². The van der Waals surface area contributed by atoms with Crippen LogP contribution in [0.4, 0.5) is 0 Å². The van der Waals surface area contributed by atoms with Gasteiger partial charge in [-0.05, 0) is 24.6 Å². The van der Waals surface area contributed by atoms with E-state index < -0.39 is 5.97 Å². The molecule has 6 nitrogen and oxygen atoms in total. The summed E-state index contributed by atoms with van der Waals surface area (Å²) in [5.41, 5.74) is 1.36. The number of carbonyl (C=O) groups excluding carboxylic acids is 1. The van der Waals surface area contributed by atoms with Gasteiger partial charge >= 0.3 is 0 Å². The summed E-state index contributed by atoms with van der Waals surface area (Å²) in [6, 6.07) is 4.89. The van der Waals surface area contributed by atoms with Crippen LogP contribution in [0.15, 0.2) is 29.2 Å². The summed E-state index contributed by atoms with van der Waals surface area (Å²) in [4.78, 5) is 27.7. The number of rotatable bonds is 1. The van der Waals surface area contributed by atoms with Gasteiger partial charge in [-0.15, -0.1) is 0 Å². The number of pyridine rings is 1. The Kier molecular flexibility index (Phi) is 2.22. The molecule has 0 saturated heterocycles.